The molecule has 1 unspecified atom stereocenters. The second kappa shape index (κ2) is 3.49. The lowest BCUT2D eigenvalue weighted by Gasteiger charge is -2.23. The average molecular weight is 172 g/mol. The molecule has 0 saturated carbocycles. The number of nitrogens with zero attached hydrogens (tertiary/aromatic N) is 1. The van der Waals surface area contributed by atoms with Gasteiger partial charge in [0.2, 0.25) is 0 Å². The van der Waals surface area contributed by atoms with Gasteiger partial charge >= 0.3 is 0 Å². The van der Waals surface area contributed by atoms with Crippen molar-refractivity contribution in [3.63, 3.8) is 0 Å². The maximum Gasteiger partial charge on any atom is 0.177 e. The molecule has 1 aliphatic rings. The molecule has 66 valence electrons. The molecule has 0 aromatic heterocycles. The molecule has 0 heterocycles. The molecule has 1 atom stereocenters. The Balaban J connectivity index is 2.32. The minimum Gasteiger partial charge on any atom is -0.316 e. The summed E-state index contributed by atoms with van der Waals surface area (Å²) in [6.45, 7) is 0. The molecule has 0 aliphatic heterocycles. The van der Waals surface area contributed by atoms with Gasteiger partial charge in [0.05, 0.1) is 6.04 Å². The van der Waals surface area contributed by atoms with E-state index in [9.17, 15) is 0 Å². The van der Waals surface area contributed by atoms with E-state index in [1.54, 1.807) is 0 Å². The van der Waals surface area contributed by atoms with E-state index in [1.165, 1.54) is 17.5 Å². The number of aryl methyl sites for hydroxylation is 1. The zero-order valence-corrected chi connectivity index (χ0v) is 7.46. The summed E-state index contributed by atoms with van der Waals surface area (Å²) in [5, 5.41) is 11.4. The van der Waals surface area contributed by atoms with Crippen LogP contribution in [0.1, 0.15) is 30.0 Å². The predicted octanol–water partition coefficient (Wildman–Crippen LogP) is 2.13. The van der Waals surface area contributed by atoms with E-state index in [1.807, 2.05) is 12.3 Å². The smallest absolute Gasteiger partial charge is 0.177 e. The first-order chi connectivity index (χ1) is 6.42. The molecular weight excluding hydrogens is 160 g/mol. The highest BCUT2D eigenvalue weighted by Gasteiger charge is 2.18. The predicted molar refractivity (Wildman–Crippen MR) is 50.9 cm³/mol. The van der Waals surface area contributed by atoms with Gasteiger partial charge in [0.15, 0.2) is 6.19 Å². The molecule has 13 heavy (non-hydrogen) atoms. The van der Waals surface area contributed by atoms with E-state index in [0.717, 1.165) is 12.8 Å². The van der Waals surface area contributed by atoms with Crippen LogP contribution in [-0.2, 0) is 6.42 Å². The van der Waals surface area contributed by atoms with Crippen molar-refractivity contribution < 1.29 is 0 Å². The molecule has 1 aromatic carbocycles. The number of hydrogen-bond donors (Lipinski definition) is 1. The van der Waals surface area contributed by atoms with Gasteiger partial charge in [0.1, 0.15) is 0 Å². The fourth-order valence-corrected chi connectivity index (χ4v) is 1.98. The van der Waals surface area contributed by atoms with E-state index in [4.69, 9.17) is 5.26 Å². The molecule has 2 nitrogen and oxygen atoms in total. The van der Waals surface area contributed by atoms with Crippen LogP contribution in [0.4, 0.5) is 0 Å². The SMILES string of the molecule is N#CNC1CCCc2ccccc21. The molecule has 0 bridgehead atoms. The molecule has 0 amide bonds. The van der Waals surface area contributed by atoms with Crippen LogP contribution in [0.15, 0.2) is 24.3 Å². The topological polar surface area (TPSA) is 35.8 Å². The Morgan fingerprint density at radius 2 is 2.23 bits per heavy atom. The minimum absolute atomic E-state index is 0.245. The van der Waals surface area contributed by atoms with Crippen molar-refractivity contribution in [2.24, 2.45) is 0 Å². The monoisotopic (exact) mass is 172 g/mol. The maximum atomic E-state index is 8.58. The summed E-state index contributed by atoms with van der Waals surface area (Å²) in [5.74, 6) is 0. The van der Waals surface area contributed by atoms with Crippen molar-refractivity contribution in [2.75, 3.05) is 0 Å². The fourth-order valence-electron chi connectivity index (χ4n) is 1.98. The summed E-state index contributed by atoms with van der Waals surface area (Å²) < 4.78 is 0. The lowest BCUT2D eigenvalue weighted by molar-refractivity contribution is 0.518. The summed E-state index contributed by atoms with van der Waals surface area (Å²) in [5.41, 5.74) is 2.69. The second-order valence-electron chi connectivity index (χ2n) is 3.40. The number of benzene rings is 1. The van der Waals surface area contributed by atoms with Gasteiger partial charge in [-0.1, -0.05) is 24.3 Å². The standard InChI is InChI=1S/C11H12N2/c12-8-13-11-7-3-5-9-4-1-2-6-10(9)11/h1-2,4,6,11,13H,3,5,7H2. The number of fused-ring (bicyclic) bond motifs is 1. The number of nitrogens with one attached hydrogen (secondary N) is 1. The third kappa shape index (κ3) is 1.50. The van der Waals surface area contributed by atoms with Crippen molar-refractivity contribution in [3.8, 4) is 6.19 Å². The lowest BCUT2D eigenvalue weighted by Crippen LogP contribution is -2.20. The Hall–Kier alpha value is -1.49. The highest BCUT2D eigenvalue weighted by Crippen LogP contribution is 2.28. The summed E-state index contributed by atoms with van der Waals surface area (Å²) >= 11 is 0. The summed E-state index contributed by atoms with van der Waals surface area (Å²) in [6, 6.07) is 8.61. The van der Waals surface area contributed by atoms with E-state index in [2.05, 4.69) is 23.5 Å². The summed E-state index contributed by atoms with van der Waals surface area (Å²) in [7, 11) is 0. The normalized spacial score (nSPS) is 20.1. The minimum atomic E-state index is 0.245. The maximum absolute atomic E-state index is 8.58. The molecule has 0 spiro atoms. The highest BCUT2D eigenvalue weighted by atomic mass is 14.9. The third-order valence-corrected chi connectivity index (χ3v) is 2.61. The third-order valence-electron chi connectivity index (χ3n) is 2.61. The first-order valence-electron chi connectivity index (χ1n) is 4.64. The molecule has 1 aromatic rings. The number of rotatable bonds is 1. The summed E-state index contributed by atoms with van der Waals surface area (Å²) in [4.78, 5) is 0. The van der Waals surface area contributed by atoms with Crippen LogP contribution in [0.2, 0.25) is 0 Å². The zero-order chi connectivity index (χ0) is 9.10. The van der Waals surface area contributed by atoms with Crippen LogP contribution >= 0.6 is 0 Å². The van der Waals surface area contributed by atoms with E-state index in [0.29, 0.717) is 0 Å². The van der Waals surface area contributed by atoms with Crippen molar-refractivity contribution in [1.29, 1.82) is 5.26 Å². The van der Waals surface area contributed by atoms with Crippen molar-refractivity contribution in [1.82, 2.24) is 5.32 Å². The quantitative estimate of drug-likeness (QED) is 0.520. The second-order valence-corrected chi connectivity index (χ2v) is 3.40. The summed E-state index contributed by atoms with van der Waals surface area (Å²) in [6.07, 6.45) is 5.43. The largest absolute Gasteiger partial charge is 0.316 e. The molecule has 0 fully saturated rings. The Morgan fingerprint density at radius 3 is 3.08 bits per heavy atom. The molecule has 0 saturated heterocycles. The van der Waals surface area contributed by atoms with Crippen molar-refractivity contribution >= 4 is 0 Å². The van der Waals surface area contributed by atoms with E-state index in [-0.39, 0.29) is 6.04 Å². The first-order valence-corrected chi connectivity index (χ1v) is 4.64. The Morgan fingerprint density at radius 1 is 1.38 bits per heavy atom. The van der Waals surface area contributed by atoms with Crippen LogP contribution < -0.4 is 5.32 Å². The fraction of sp³-hybridized carbons (Fsp3) is 0.364. The van der Waals surface area contributed by atoms with Gasteiger partial charge < -0.3 is 5.32 Å². The van der Waals surface area contributed by atoms with Gasteiger partial charge in [-0.05, 0) is 30.4 Å². The Labute approximate surface area is 78.2 Å². The average Bonchev–Trinajstić information content (AvgIpc) is 2.19. The van der Waals surface area contributed by atoms with Gasteiger partial charge in [-0.3, -0.25) is 0 Å². The molecule has 2 heteroatoms. The number of hydrogen-bond acceptors (Lipinski definition) is 2. The molecule has 2 rings (SSSR count). The molecule has 0 radical (unpaired) electrons. The van der Waals surface area contributed by atoms with Crippen molar-refractivity contribution in [2.45, 2.75) is 25.3 Å². The number of nitriles is 1. The van der Waals surface area contributed by atoms with Gasteiger partial charge in [-0.15, -0.1) is 0 Å². The zero-order valence-electron chi connectivity index (χ0n) is 7.46. The van der Waals surface area contributed by atoms with Crippen LogP contribution in [0.5, 0.6) is 0 Å². The molecular formula is C11H12N2. The highest BCUT2D eigenvalue weighted by molar-refractivity contribution is 5.32. The van der Waals surface area contributed by atoms with Crippen LogP contribution in [0, 0.1) is 11.5 Å². The van der Waals surface area contributed by atoms with E-state index < -0.39 is 0 Å². The van der Waals surface area contributed by atoms with Gasteiger partial charge in [0.25, 0.3) is 0 Å². The van der Waals surface area contributed by atoms with Crippen LogP contribution in [0.3, 0.4) is 0 Å². The van der Waals surface area contributed by atoms with E-state index >= 15 is 0 Å². The molecule has 1 aliphatic carbocycles. The van der Waals surface area contributed by atoms with Gasteiger partial charge in [0, 0.05) is 0 Å². The van der Waals surface area contributed by atoms with Crippen LogP contribution in [0.25, 0.3) is 0 Å². The first kappa shape index (κ1) is 8.12. The Bertz CT molecular complexity index is 338. The van der Waals surface area contributed by atoms with Gasteiger partial charge in [-0.25, -0.2) is 0 Å². The van der Waals surface area contributed by atoms with Crippen molar-refractivity contribution in [3.05, 3.63) is 35.4 Å². The molecule has 1 N–H and O–H groups in total. The Kier molecular flexibility index (Phi) is 2.18. The van der Waals surface area contributed by atoms with Gasteiger partial charge in [-0.2, -0.15) is 5.26 Å². The van der Waals surface area contributed by atoms with Crippen LogP contribution in [-0.4, -0.2) is 0 Å². The lowest BCUT2D eigenvalue weighted by atomic mass is 9.88.